The number of hydrogen-bond donors (Lipinski definition) is 2. The van der Waals surface area contributed by atoms with Gasteiger partial charge in [0.2, 0.25) is 0 Å². The van der Waals surface area contributed by atoms with E-state index >= 15 is 0 Å². The van der Waals surface area contributed by atoms with E-state index in [1.165, 1.54) is 54.7 Å². The summed E-state index contributed by atoms with van der Waals surface area (Å²) in [5.41, 5.74) is 5.44. The van der Waals surface area contributed by atoms with E-state index in [9.17, 15) is 0 Å². The van der Waals surface area contributed by atoms with Crippen LogP contribution in [0.4, 0.5) is 5.69 Å². The molecule has 0 spiro atoms. The van der Waals surface area contributed by atoms with Crippen LogP contribution in [-0.2, 0) is 0 Å². The third-order valence-corrected chi connectivity index (χ3v) is 3.99. The first-order chi connectivity index (χ1) is 8.66. The predicted molar refractivity (Wildman–Crippen MR) is 79.4 cm³/mol. The highest BCUT2D eigenvalue weighted by Crippen LogP contribution is 2.23. The number of rotatable bonds is 4. The molecule has 0 saturated carbocycles. The molecule has 0 unspecified atom stereocenters. The van der Waals surface area contributed by atoms with Gasteiger partial charge >= 0.3 is 0 Å². The van der Waals surface area contributed by atoms with Gasteiger partial charge in [-0.1, -0.05) is 17.7 Å². The summed E-state index contributed by atoms with van der Waals surface area (Å²) < 4.78 is 0. The van der Waals surface area contributed by atoms with Crippen LogP contribution in [0.3, 0.4) is 0 Å². The van der Waals surface area contributed by atoms with E-state index in [1.54, 1.807) is 0 Å². The molecular weight excluding hydrogens is 220 g/mol. The van der Waals surface area contributed by atoms with Gasteiger partial charge in [-0.05, 0) is 70.2 Å². The Hall–Kier alpha value is -1.02. The van der Waals surface area contributed by atoms with Crippen molar-refractivity contribution in [2.75, 3.05) is 25.0 Å². The van der Waals surface area contributed by atoms with Crippen molar-refractivity contribution in [1.29, 1.82) is 0 Å². The van der Waals surface area contributed by atoms with E-state index in [-0.39, 0.29) is 0 Å². The quantitative estimate of drug-likeness (QED) is 0.850. The fourth-order valence-electron chi connectivity index (χ4n) is 3.03. The van der Waals surface area contributed by atoms with E-state index in [1.807, 2.05) is 0 Å². The SMILES string of the molecule is Cc1cc(C)c(NCCC2CCNCC2)c(C)c1. The maximum atomic E-state index is 3.64. The Kier molecular flexibility index (Phi) is 4.65. The number of nitrogens with one attached hydrogen (secondary N) is 2. The second kappa shape index (κ2) is 6.24. The first kappa shape index (κ1) is 13.4. The van der Waals surface area contributed by atoms with Crippen molar-refractivity contribution in [2.45, 2.75) is 40.0 Å². The molecular formula is C16H26N2. The topological polar surface area (TPSA) is 24.1 Å². The second-order valence-electron chi connectivity index (χ2n) is 5.68. The molecule has 1 saturated heterocycles. The minimum atomic E-state index is 0.907. The largest absolute Gasteiger partial charge is 0.385 e. The summed E-state index contributed by atoms with van der Waals surface area (Å²) in [6, 6.07) is 4.53. The zero-order chi connectivity index (χ0) is 13.0. The number of benzene rings is 1. The number of anilines is 1. The lowest BCUT2D eigenvalue weighted by molar-refractivity contribution is 0.361. The average Bonchev–Trinajstić information content (AvgIpc) is 2.34. The lowest BCUT2D eigenvalue weighted by atomic mass is 9.94. The van der Waals surface area contributed by atoms with Crippen molar-refractivity contribution in [3.63, 3.8) is 0 Å². The fourth-order valence-corrected chi connectivity index (χ4v) is 3.03. The van der Waals surface area contributed by atoms with E-state index < -0.39 is 0 Å². The highest BCUT2D eigenvalue weighted by molar-refractivity contribution is 5.58. The van der Waals surface area contributed by atoms with Crippen molar-refractivity contribution in [1.82, 2.24) is 5.32 Å². The maximum Gasteiger partial charge on any atom is 0.0399 e. The van der Waals surface area contributed by atoms with Crippen LogP contribution in [-0.4, -0.2) is 19.6 Å². The van der Waals surface area contributed by atoms with Crippen LogP contribution in [0.1, 0.15) is 36.0 Å². The molecule has 1 heterocycles. The standard InChI is InChI=1S/C16H26N2/c1-12-10-13(2)16(14(3)11-12)18-9-6-15-4-7-17-8-5-15/h10-11,15,17-18H,4-9H2,1-3H3. The number of aryl methyl sites for hydroxylation is 3. The highest BCUT2D eigenvalue weighted by atomic mass is 14.9. The molecule has 1 aromatic carbocycles. The van der Waals surface area contributed by atoms with Crippen molar-refractivity contribution < 1.29 is 0 Å². The van der Waals surface area contributed by atoms with Crippen LogP contribution in [0.5, 0.6) is 0 Å². The minimum Gasteiger partial charge on any atom is -0.385 e. The summed E-state index contributed by atoms with van der Waals surface area (Å²) in [5, 5.41) is 7.06. The summed E-state index contributed by atoms with van der Waals surface area (Å²) >= 11 is 0. The van der Waals surface area contributed by atoms with Crippen LogP contribution in [0.25, 0.3) is 0 Å². The molecule has 1 aromatic rings. The first-order valence-electron chi connectivity index (χ1n) is 7.19. The van der Waals surface area contributed by atoms with Gasteiger partial charge in [0.15, 0.2) is 0 Å². The third kappa shape index (κ3) is 3.49. The van der Waals surface area contributed by atoms with Crippen molar-refractivity contribution in [3.05, 3.63) is 28.8 Å². The van der Waals surface area contributed by atoms with Gasteiger partial charge in [0, 0.05) is 12.2 Å². The molecule has 100 valence electrons. The Labute approximate surface area is 111 Å². The normalized spacial score (nSPS) is 16.8. The number of hydrogen-bond acceptors (Lipinski definition) is 2. The molecule has 2 N–H and O–H groups in total. The zero-order valence-corrected chi connectivity index (χ0v) is 12.0. The van der Waals surface area contributed by atoms with Gasteiger partial charge in [-0.3, -0.25) is 0 Å². The van der Waals surface area contributed by atoms with Gasteiger partial charge in [-0.2, -0.15) is 0 Å². The van der Waals surface area contributed by atoms with Crippen LogP contribution in [0.15, 0.2) is 12.1 Å². The molecule has 18 heavy (non-hydrogen) atoms. The van der Waals surface area contributed by atoms with Crippen LogP contribution >= 0.6 is 0 Å². The van der Waals surface area contributed by atoms with Crippen molar-refractivity contribution in [3.8, 4) is 0 Å². The van der Waals surface area contributed by atoms with Gasteiger partial charge in [-0.25, -0.2) is 0 Å². The third-order valence-electron chi connectivity index (χ3n) is 3.99. The Morgan fingerprint density at radius 1 is 1.11 bits per heavy atom. The molecule has 0 radical (unpaired) electrons. The predicted octanol–water partition coefficient (Wildman–Crippen LogP) is 3.41. The molecule has 1 aliphatic heterocycles. The monoisotopic (exact) mass is 246 g/mol. The molecule has 0 atom stereocenters. The smallest absolute Gasteiger partial charge is 0.0399 e. The van der Waals surface area contributed by atoms with Crippen LogP contribution in [0.2, 0.25) is 0 Å². The zero-order valence-electron chi connectivity index (χ0n) is 12.0. The lowest BCUT2D eigenvalue weighted by Crippen LogP contribution is -2.28. The summed E-state index contributed by atoms with van der Waals surface area (Å²) in [5.74, 6) is 0.907. The summed E-state index contributed by atoms with van der Waals surface area (Å²) in [7, 11) is 0. The van der Waals surface area contributed by atoms with Gasteiger partial charge in [0.25, 0.3) is 0 Å². The molecule has 2 nitrogen and oxygen atoms in total. The summed E-state index contributed by atoms with van der Waals surface area (Å²) in [6.07, 6.45) is 3.98. The van der Waals surface area contributed by atoms with Gasteiger partial charge in [0.1, 0.15) is 0 Å². The van der Waals surface area contributed by atoms with Gasteiger partial charge in [0.05, 0.1) is 0 Å². The summed E-state index contributed by atoms with van der Waals surface area (Å²) in [6.45, 7) is 10.1. The highest BCUT2D eigenvalue weighted by Gasteiger charge is 2.12. The Morgan fingerprint density at radius 3 is 2.33 bits per heavy atom. The molecule has 0 bridgehead atoms. The molecule has 1 fully saturated rings. The van der Waals surface area contributed by atoms with E-state index in [2.05, 4.69) is 43.5 Å². The van der Waals surface area contributed by atoms with E-state index in [0.29, 0.717) is 0 Å². The number of piperidine rings is 1. The maximum absolute atomic E-state index is 3.64. The van der Waals surface area contributed by atoms with Gasteiger partial charge in [-0.15, -0.1) is 0 Å². The molecule has 2 heteroatoms. The van der Waals surface area contributed by atoms with Crippen LogP contribution in [0, 0.1) is 26.7 Å². The Bertz CT molecular complexity index is 369. The second-order valence-corrected chi connectivity index (χ2v) is 5.68. The molecule has 0 aromatic heterocycles. The molecule has 1 aliphatic rings. The van der Waals surface area contributed by atoms with E-state index in [4.69, 9.17) is 0 Å². The van der Waals surface area contributed by atoms with E-state index in [0.717, 1.165) is 12.5 Å². The molecule has 2 rings (SSSR count). The van der Waals surface area contributed by atoms with Crippen molar-refractivity contribution in [2.24, 2.45) is 5.92 Å². The molecule has 0 amide bonds. The Balaban J connectivity index is 1.86. The summed E-state index contributed by atoms with van der Waals surface area (Å²) in [4.78, 5) is 0. The van der Waals surface area contributed by atoms with Crippen molar-refractivity contribution >= 4 is 5.69 Å². The first-order valence-corrected chi connectivity index (χ1v) is 7.19. The Morgan fingerprint density at radius 2 is 1.72 bits per heavy atom. The van der Waals surface area contributed by atoms with Crippen LogP contribution < -0.4 is 10.6 Å². The fraction of sp³-hybridized carbons (Fsp3) is 0.625. The minimum absolute atomic E-state index is 0.907. The van der Waals surface area contributed by atoms with Gasteiger partial charge < -0.3 is 10.6 Å². The average molecular weight is 246 g/mol. The lowest BCUT2D eigenvalue weighted by Gasteiger charge is -2.23. The molecule has 0 aliphatic carbocycles.